The highest BCUT2D eigenvalue weighted by molar-refractivity contribution is 7.89. The molecular weight excluding hydrogens is 400 g/mol. The van der Waals surface area contributed by atoms with E-state index in [0.29, 0.717) is 0 Å². The smallest absolute Gasteiger partial charge is 0.325 e. The van der Waals surface area contributed by atoms with E-state index in [1.165, 1.54) is 24.3 Å². The SMILES string of the molecule is NS(=O)(=O)c1ccc(C(=O)NNCC(=O)NCC(=O)OCc2ccccc2)cc1. The fraction of sp³-hybridized carbons (Fsp3) is 0.167. The second kappa shape index (κ2) is 10.3. The average molecular weight is 420 g/mol. The Morgan fingerprint density at radius 3 is 2.21 bits per heavy atom. The molecule has 0 radical (unpaired) electrons. The van der Waals surface area contributed by atoms with Crippen LogP contribution in [0.1, 0.15) is 15.9 Å². The Morgan fingerprint density at radius 1 is 0.931 bits per heavy atom. The van der Waals surface area contributed by atoms with Crippen molar-refractivity contribution in [2.75, 3.05) is 13.1 Å². The first-order valence-electron chi connectivity index (χ1n) is 8.38. The van der Waals surface area contributed by atoms with Crippen molar-refractivity contribution in [2.45, 2.75) is 11.5 Å². The third-order valence-corrected chi connectivity index (χ3v) is 4.50. The van der Waals surface area contributed by atoms with Gasteiger partial charge < -0.3 is 10.1 Å². The molecule has 0 aromatic heterocycles. The predicted octanol–water partition coefficient (Wildman–Crippen LogP) is -0.572. The molecule has 5 N–H and O–H groups in total. The molecule has 11 heteroatoms. The van der Waals surface area contributed by atoms with Gasteiger partial charge >= 0.3 is 5.97 Å². The van der Waals surface area contributed by atoms with Crippen molar-refractivity contribution in [2.24, 2.45) is 5.14 Å². The maximum Gasteiger partial charge on any atom is 0.325 e. The van der Waals surface area contributed by atoms with Crippen LogP contribution < -0.4 is 21.3 Å². The second-order valence-electron chi connectivity index (χ2n) is 5.80. The third-order valence-electron chi connectivity index (χ3n) is 3.57. The number of sulfonamides is 1. The van der Waals surface area contributed by atoms with Crippen LogP contribution in [0.2, 0.25) is 0 Å². The first-order valence-corrected chi connectivity index (χ1v) is 9.92. The van der Waals surface area contributed by atoms with Crippen LogP contribution >= 0.6 is 0 Å². The highest BCUT2D eigenvalue weighted by Crippen LogP contribution is 2.08. The maximum absolute atomic E-state index is 11.9. The summed E-state index contributed by atoms with van der Waals surface area (Å²) in [5.41, 5.74) is 5.67. The van der Waals surface area contributed by atoms with Crippen molar-refractivity contribution in [3.05, 3.63) is 65.7 Å². The van der Waals surface area contributed by atoms with Crippen molar-refractivity contribution < 1.29 is 27.5 Å². The Morgan fingerprint density at radius 2 is 1.59 bits per heavy atom. The fourth-order valence-corrected chi connectivity index (χ4v) is 2.61. The molecule has 0 spiro atoms. The number of benzene rings is 2. The van der Waals surface area contributed by atoms with Crippen molar-refractivity contribution >= 4 is 27.8 Å². The summed E-state index contributed by atoms with van der Waals surface area (Å²) in [6.45, 7) is -0.489. The highest BCUT2D eigenvalue weighted by Gasteiger charge is 2.11. The zero-order chi connectivity index (χ0) is 21.3. The van der Waals surface area contributed by atoms with Crippen molar-refractivity contribution in [1.82, 2.24) is 16.2 Å². The molecule has 0 saturated heterocycles. The Bertz CT molecular complexity index is 962. The summed E-state index contributed by atoms with van der Waals surface area (Å²) >= 11 is 0. The number of ether oxygens (including phenoxy) is 1. The monoisotopic (exact) mass is 420 g/mol. The first-order chi connectivity index (χ1) is 13.8. The predicted molar refractivity (Wildman–Crippen MR) is 103 cm³/mol. The van der Waals surface area contributed by atoms with Gasteiger partial charge in [-0.15, -0.1) is 0 Å². The summed E-state index contributed by atoms with van der Waals surface area (Å²) in [5, 5.41) is 7.33. The normalized spacial score (nSPS) is 10.8. The van der Waals surface area contributed by atoms with E-state index in [1.807, 2.05) is 18.2 Å². The lowest BCUT2D eigenvalue weighted by molar-refractivity contribution is -0.145. The van der Waals surface area contributed by atoms with Crippen molar-refractivity contribution in [3.8, 4) is 0 Å². The number of rotatable bonds is 9. The molecule has 0 aliphatic carbocycles. The molecule has 0 saturated carbocycles. The van der Waals surface area contributed by atoms with E-state index in [0.717, 1.165) is 5.56 Å². The van der Waals surface area contributed by atoms with Gasteiger partial charge in [-0.3, -0.25) is 19.8 Å². The summed E-state index contributed by atoms with van der Waals surface area (Å²) in [7, 11) is -3.85. The van der Waals surface area contributed by atoms with Crippen LogP contribution in [0, 0.1) is 0 Å². The van der Waals surface area contributed by atoms with Crippen LogP contribution in [0.4, 0.5) is 0 Å². The summed E-state index contributed by atoms with van der Waals surface area (Å²) in [6, 6.07) is 14.0. The van der Waals surface area contributed by atoms with Gasteiger partial charge in [-0.25, -0.2) is 19.0 Å². The lowest BCUT2D eigenvalue weighted by atomic mass is 10.2. The zero-order valence-electron chi connectivity index (χ0n) is 15.3. The van der Waals surface area contributed by atoms with Gasteiger partial charge in [0.25, 0.3) is 5.91 Å². The van der Waals surface area contributed by atoms with Gasteiger partial charge in [-0.2, -0.15) is 0 Å². The van der Waals surface area contributed by atoms with Gasteiger partial charge in [0.15, 0.2) is 0 Å². The Kier molecular flexibility index (Phi) is 7.83. The fourth-order valence-electron chi connectivity index (χ4n) is 2.10. The molecule has 10 nitrogen and oxygen atoms in total. The standard InChI is InChI=1S/C18H20N4O6S/c19-29(26,27)15-8-6-14(7-9-15)18(25)22-21-10-16(23)20-11-17(24)28-12-13-4-2-1-3-5-13/h1-9,21H,10-12H2,(H,20,23)(H,22,25)(H2,19,26,27). The van der Waals surface area contributed by atoms with E-state index in [1.54, 1.807) is 12.1 Å². The molecule has 0 unspecified atom stereocenters. The number of carbonyl (C=O) groups is 3. The summed E-state index contributed by atoms with van der Waals surface area (Å²) < 4.78 is 27.4. The van der Waals surface area contributed by atoms with Gasteiger partial charge in [-0.05, 0) is 29.8 Å². The van der Waals surface area contributed by atoms with Crippen LogP contribution in [0.25, 0.3) is 0 Å². The first kappa shape index (κ1) is 22.0. The molecule has 2 amide bonds. The molecule has 0 aliphatic rings. The van der Waals surface area contributed by atoms with Gasteiger partial charge in [0.1, 0.15) is 13.2 Å². The van der Waals surface area contributed by atoms with E-state index in [4.69, 9.17) is 9.88 Å². The lowest BCUT2D eigenvalue weighted by Crippen LogP contribution is -2.44. The van der Waals surface area contributed by atoms with E-state index in [2.05, 4.69) is 16.2 Å². The number of carbonyl (C=O) groups excluding carboxylic acids is 3. The topological polar surface area (TPSA) is 157 Å². The largest absolute Gasteiger partial charge is 0.460 e. The number of hydrogen-bond donors (Lipinski definition) is 4. The van der Waals surface area contributed by atoms with Crippen LogP contribution in [0.3, 0.4) is 0 Å². The Hall–Kier alpha value is -3.28. The van der Waals surface area contributed by atoms with Crippen LogP contribution in [-0.2, 0) is 31.0 Å². The van der Waals surface area contributed by atoms with E-state index in [-0.39, 0.29) is 30.2 Å². The Labute approximate surface area is 167 Å². The van der Waals surface area contributed by atoms with Crippen LogP contribution in [-0.4, -0.2) is 39.3 Å². The van der Waals surface area contributed by atoms with Crippen molar-refractivity contribution in [1.29, 1.82) is 0 Å². The van der Waals surface area contributed by atoms with Crippen molar-refractivity contribution in [3.63, 3.8) is 0 Å². The minimum absolute atomic E-state index is 0.105. The summed E-state index contributed by atoms with van der Waals surface area (Å²) in [5.74, 6) is -1.71. The molecule has 2 aromatic rings. The van der Waals surface area contributed by atoms with Gasteiger partial charge in [0.2, 0.25) is 15.9 Å². The van der Waals surface area contributed by atoms with Crippen LogP contribution in [0.5, 0.6) is 0 Å². The molecule has 29 heavy (non-hydrogen) atoms. The molecule has 0 heterocycles. The molecular formula is C18H20N4O6S. The Balaban J connectivity index is 1.66. The number of hydrogen-bond acceptors (Lipinski definition) is 7. The van der Waals surface area contributed by atoms with Gasteiger partial charge in [0.05, 0.1) is 11.4 Å². The number of nitrogens with one attached hydrogen (secondary N) is 3. The molecule has 0 fully saturated rings. The minimum Gasteiger partial charge on any atom is -0.460 e. The number of nitrogens with two attached hydrogens (primary N) is 1. The third kappa shape index (κ3) is 7.70. The van der Waals surface area contributed by atoms with Gasteiger partial charge in [0, 0.05) is 5.56 Å². The van der Waals surface area contributed by atoms with E-state index < -0.39 is 27.8 Å². The molecule has 0 atom stereocenters. The minimum atomic E-state index is -3.85. The van der Waals surface area contributed by atoms with E-state index >= 15 is 0 Å². The quantitative estimate of drug-likeness (QED) is 0.312. The number of amides is 2. The molecule has 2 aromatic carbocycles. The van der Waals surface area contributed by atoms with E-state index in [9.17, 15) is 22.8 Å². The number of hydrazine groups is 1. The molecule has 154 valence electrons. The second-order valence-corrected chi connectivity index (χ2v) is 7.36. The highest BCUT2D eigenvalue weighted by atomic mass is 32.2. The zero-order valence-corrected chi connectivity index (χ0v) is 16.1. The summed E-state index contributed by atoms with van der Waals surface area (Å²) in [6.07, 6.45) is 0. The number of primary sulfonamides is 1. The summed E-state index contributed by atoms with van der Waals surface area (Å²) in [4.78, 5) is 35.1. The van der Waals surface area contributed by atoms with Crippen LogP contribution in [0.15, 0.2) is 59.5 Å². The maximum atomic E-state index is 11.9. The molecule has 0 aliphatic heterocycles. The molecule has 0 bridgehead atoms. The molecule has 2 rings (SSSR count). The average Bonchev–Trinajstić information content (AvgIpc) is 2.71. The number of esters is 1. The lowest BCUT2D eigenvalue weighted by Gasteiger charge is -2.09. The van der Waals surface area contributed by atoms with Gasteiger partial charge in [-0.1, -0.05) is 30.3 Å².